The lowest BCUT2D eigenvalue weighted by Gasteiger charge is -2.41. The zero-order valence-corrected chi connectivity index (χ0v) is 15.0. The molecule has 1 atom stereocenters. The lowest BCUT2D eigenvalue weighted by atomic mass is 9.85. The lowest BCUT2D eigenvalue weighted by molar-refractivity contribution is -0.441. The fourth-order valence-corrected chi connectivity index (χ4v) is 2.80. The van der Waals surface area contributed by atoms with E-state index in [0.29, 0.717) is 29.7 Å². The Hall–Kier alpha value is -1.74. The van der Waals surface area contributed by atoms with Gasteiger partial charge in [0.2, 0.25) is 0 Å². The summed E-state index contributed by atoms with van der Waals surface area (Å²) in [6.45, 7) is -1.22. The molecule has 0 aromatic carbocycles. The monoisotopic (exact) mass is 488 g/mol. The van der Waals surface area contributed by atoms with Crippen molar-refractivity contribution in [2.75, 3.05) is 6.61 Å². The van der Waals surface area contributed by atoms with Crippen LogP contribution in [-0.2, 0) is 9.53 Å². The van der Waals surface area contributed by atoms with Gasteiger partial charge < -0.3 is 4.74 Å². The van der Waals surface area contributed by atoms with Crippen LogP contribution in [0.3, 0.4) is 0 Å². The maximum absolute atomic E-state index is 14.3. The summed E-state index contributed by atoms with van der Waals surface area (Å²) in [4.78, 5) is 10.7. The predicted molar refractivity (Wildman–Crippen MR) is 74.5 cm³/mol. The first kappa shape index (κ1) is 26.3. The molecule has 1 aromatic rings. The minimum absolute atomic E-state index is 0.526. The summed E-state index contributed by atoms with van der Waals surface area (Å²) in [5, 5.41) is 1.58. The number of ether oxygens (including phenoxy) is 1. The molecule has 0 amide bonds. The van der Waals surface area contributed by atoms with Crippen LogP contribution in [0.25, 0.3) is 0 Å². The molecule has 2 nitrogen and oxygen atoms in total. The van der Waals surface area contributed by atoms with Gasteiger partial charge >= 0.3 is 41.8 Å². The first-order valence-corrected chi connectivity index (χ1v) is 8.21. The Bertz CT molecular complexity index is 740. The van der Waals surface area contributed by atoms with Gasteiger partial charge in [-0.2, -0.15) is 68.4 Å². The van der Waals surface area contributed by atoms with Crippen molar-refractivity contribution >= 4 is 17.3 Å². The smallest absolute Gasteiger partial charge is 0.460 e. The number of alkyl halides is 13. The van der Waals surface area contributed by atoms with Crippen LogP contribution in [0.1, 0.15) is 18.4 Å². The van der Waals surface area contributed by atoms with Crippen LogP contribution >= 0.6 is 11.3 Å². The fourth-order valence-electron chi connectivity index (χ4n) is 2.08. The zero-order valence-electron chi connectivity index (χ0n) is 14.2. The van der Waals surface area contributed by atoms with Gasteiger partial charge in [-0.05, 0) is 22.4 Å². The average Bonchev–Trinajstić information content (AvgIpc) is 3.06. The van der Waals surface area contributed by atoms with Crippen LogP contribution in [0, 0.1) is 0 Å². The molecule has 0 N–H and O–H groups in total. The normalized spacial score (nSPS) is 15.8. The summed E-state index contributed by atoms with van der Waals surface area (Å²) in [6.07, 6.45) is -7.48. The second kappa shape index (κ2) is 7.75. The van der Waals surface area contributed by atoms with Crippen LogP contribution in [-0.4, -0.2) is 48.4 Å². The second-order valence-corrected chi connectivity index (χ2v) is 6.61. The number of carbonyl (C=O) groups excluding carboxylic acids is 1. The first-order valence-electron chi connectivity index (χ1n) is 7.27. The highest BCUT2D eigenvalue weighted by atomic mass is 32.1. The molecular formula is C14H9F13O2S. The molecule has 0 radical (unpaired) electrons. The SMILES string of the molecule is CC(=O)OCC(c1ccsc1)C(F)(F)C(F)(F)C(F)(F)C(F)(F)C(F)(F)C(F)(F)F. The van der Waals surface area contributed by atoms with Crippen molar-refractivity contribution in [2.24, 2.45) is 0 Å². The van der Waals surface area contributed by atoms with Crippen LogP contribution < -0.4 is 0 Å². The Morgan fingerprint density at radius 3 is 1.70 bits per heavy atom. The van der Waals surface area contributed by atoms with Gasteiger partial charge in [0, 0.05) is 6.92 Å². The van der Waals surface area contributed by atoms with E-state index >= 15 is 0 Å². The van der Waals surface area contributed by atoms with E-state index in [1.54, 1.807) is 0 Å². The molecular weight excluding hydrogens is 479 g/mol. The Morgan fingerprint density at radius 1 is 0.867 bits per heavy atom. The molecule has 16 heteroatoms. The van der Waals surface area contributed by atoms with E-state index < -0.39 is 59.8 Å². The number of esters is 1. The maximum Gasteiger partial charge on any atom is 0.460 e. The number of halogens is 13. The molecule has 0 aliphatic heterocycles. The molecule has 0 saturated carbocycles. The molecule has 0 aliphatic rings. The third kappa shape index (κ3) is 3.93. The van der Waals surface area contributed by atoms with Crippen molar-refractivity contribution in [1.29, 1.82) is 0 Å². The highest BCUT2D eigenvalue weighted by Gasteiger charge is 2.91. The van der Waals surface area contributed by atoms with Gasteiger partial charge in [0.05, 0.1) is 5.92 Å². The van der Waals surface area contributed by atoms with E-state index in [0.717, 1.165) is 5.38 Å². The molecule has 1 heterocycles. The summed E-state index contributed by atoms with van der Waals surface area (Å²) in [7, 11) is 0. The zero-order chi connectivity index (χ0) is 24.0. The molecule has 30 heavy (non-hydrogen) atoms. The van der Waals surface area contributed by atoms with Gasteiger partial charge in [-0.3, -0.25) is 4.79 Å². The van der Waals surface area contributed by atoms with Crippen LogP contribution in [0.5, 0.6) is 0 Å². The van der Waals surface area contributed by atoms with E-state index in [2.05, 4.69) is 4.74 Å². The first-order chi connectivity index (χ1) is 13.2. The molecule has 1 aromatic heterocycles. The van der Waals surface area contributed by atoms with Crippen LogP contribution in [0.2, 0.25) is 0 Å². The van der Waals surface area contributed by atoms with Crippen LogP contribution in [0.15, 0.2) is 16.8 Å². The van der Waals surface area contributed by atoms with Gasteiger partial charge in [0.15, 0.2) is 0 Å². The number of carbonyl (C=O) groups is 1. The molecule has 0 spiro atoms. The topological polar surface area (TPSA) is 26.3 Å². The van der Waals surface area contributed by atoms with Crippen molar-refractivity contribution in [2.45, 2.75) is 48.6 Å². The molecule has 0 saturated heterocycles. The summed E-state index contributed by atoms with van der Waals surface area (Å²) in [5.41, 5.74) is -0.951. The molecule has 0 fully saturated rings. The summed E-state index contributed by atoms with van der Waals surface area (Å²) in [5.74, 6) is -42.2. The van der Waals surface area contributed by atoms with Gasteiger partial charge in [-0.25, -0.2) is 0 Å². The number of hydrogen-bond donors (Lipinski definition) is 0. The Kier molecular flexibility index (Phi) is 6.79. The Balaban J connectivity index is 3.57. The summed E-state index contributed by atoms with van der Waals surface area (Å²) >= 11 is 0.526. The standard InChI is InChI=1S/C14H9F13O2S/c1-6(28)29-4-8(7-2-3-30-5-7)9(15,16)10(17,18)11(19,20)12(21,22)13(23,24)14(25,26)27/h2-3,5,8H,4H2,1H3. The van der Waals surface area contributed by atoms with E-state index in [1.165, 1.54) is 0 Å². The lowest BCUT2D eigenvalue weighted by Crippen LogP contribution is -2.70. The van der Waals surface area contributed by atoms with Gasteiger partial charge in [0.25, 0.3) is 0 Å². The average molecular weight is 488 g/mol. The number of rotatable bonds is 8. The number of hydrogen-bond acceptors (Lipinski definition) is 3. The highest BCUT2D eigenvalue weighted by molar-refractivity contribution is 7.08. The Labute approximate surface area is 162 Å². The molecule has 0 aliphatic carbocycles. The minimum Gasteiger partial charge on any atom is -0.465 e. The molecule has 1 unspecified atom stereocenters. The van der Waals surface area contributed by atoms with E-state index in [-0.39, 0.29) is 0 Å². The fraction of sp³-hybridized carbons (Fsp3) is 0.643. The van der Waals surface area contributed by atoms with Crippen molar-refractivity contribution in [3.05, 3.63) is 22.4 Å². The van der Waals surface area contributed by atoms with Crippen molar-refractivity contribution in [1.82, 2.24) is 0 Å². The van der Waals surface area contributed by atoms with Gasteiger partial charge in [0.1, 0.15) is 6.61 Å². The van der Waals surface area contributed by atoms with Crippen LogP contribution in [0.4, 0.5) is 57.1 Å². The number of thiophene rings is 1. The molecule has 1 rings (SSSR count). The van der Waals surface area contributed by atoms with Gasteiger partial charge in [-0.15, -0.1) is 0 Å². The minimum atomic E-state index is -7.98. The summed E-state index contributed by atoms with van der Waals surface area (Å²) in [6, 6.07) is 0.615. The predicted octanol–water partition coefficient (Wildman–Crippen LogP) is 6.13. The van der Waals surface area contributed by atoms with E-state index in [4.69, 9.17) is 0 Å². The van der Waals surface area contributed by atoms with E-state index in [1.807, 2.05) is 0 Å². The third-order valence-electron chi connectivity index (χ3n) is 3.79. The van der Waals surface area contributed by atoms with E-state index in [9.17, 15) is 61.9 Å². The highest BCUT2D eigenvalue weighted by Crippen LogP contribution is 2.62. The summed E-state index contributed by atoms with van der Waals surface area (Å²) < 4.78 is 176. The quantitative estimate of drug-likeness (QED) is 0.325. The van der Waals surface area contributed by atoms with Crippen molar-refractivity contribution < 1.29 is 66.6 Å². The second-order valence-electron chi connectivity index (χ2n) is 5.83. The Morgan fingerprint density at radius 2 is 1.33 bits per heavy atom. The van der Waals surface area contributed by atoms with Crippen molar-refractivity contribution in [3.8, 4) is 0 Å². The molecule has 174 valence electrons. The molecule has 0 bridgehead atoms. The maximum atomic E-state index is 14.3. The van der Waals surface area contributed by atoms with Crippen molar-refractivity contribution in [3.63, 3.8) is 0 Å². The third-order valence-corrected chi connectivity index (χ3v) is 4.50. The largest absolute Gasteiger partial charge is 0.465 e. The van der Waals surface area contributed by atoms with Gasteiger partial charge in [-0.1, -0.05) is 0 Å².